The number of thiophene rings is 1. The molecule has 0 amide bonds. The largest absolute Gasteiger partial charge is 0.379 e. The fraction of sp³-hybridized carbons (Fsp3) is 0.667. The van der Waals surface area contributed by atoms with E-state index < -0.39 is 10.0 Å². The minimum atomic E-state index is -3.42. The summed E-state index contributed by atoms with van der Waals surface area (Å²) in [5.41, 5.74) is 0. The summed E-state index contributed by atoms with van der Waals surface area (Å²) < 4.78 is 31.9. The third-order valence-corrected chi connectivity index (χ3v) is 5.04. The van der Waals surface area contributed by atoms with Crippen LogP contribution in [0, 0.1) is 0 Å². The first-order chi connectivity index (χ1) is 9.45. The van der Waals surface area contributed by atoms with Crippen LogP contribution in [0.25, 0.3) is 0 Å². The van der Waals surface area contributed by atoms with Crippen molar-refractivity contribution in [2.24, 2.45) is 0 Å². The Balaban J connectivity index is 2.33. The van der Waals surface area contributed by atoms with Gasteiger partial charge in [0.1, 0.15) is 0 Å². The van der Waals surface area contributed by atoms with Crippen LogP contribution in [0.3, 0.4) is 0 Å². The third kappa shape index (κ3) is 6.29. The standard InChI is InChI=1S/C12H23N3O3S2/c1-13-9-11-8-12(10-19-11)20(16,17)14-4-6-18-7-5-15(2)3/h8,10,13-14H,4-7,9H2,1-3H3. The van der Waals surface area contributed by atoms with Crippen LogP contribution in [0.15, 0.2) is 16.3 Å². The monoisotopic (exact) mass is 321 g/mol. The van der Waals surface area contributed by atoms with E-state index in [1.807, 2.05) is 26.0 Å². The molecular formula is C12H23N3O3S2. The first kappa shape index (κ1) is 17.5. The van der Waals surface area contributed by atoms with Crippen LogP contribution in [-0.2, 0) is 21.3 Å². The van der Waals surface area contributed by atoms with Crippen molar-refractivity contribution in [3.8, 4) is 0 Å². The summed E-state index contributed by atoms with van der Waals surface area (Å²) in [5.74, 6) is 0. The molecule has 0 fully saturated rings. The molecule has 1 heterocycles. The van der Waals surface area contributed by atoms with Gasteiger partial charge in [0.2, 0.25) is 10.0 Å². The summed E-state index contributed by atoms with van der Waals surface area (Å²) in [5, 5.41) is 4.65. The highest BCUT2D eigenvalue weighted by molar-refractivity contribution is 7.89. The minimum Gasteiger partial charge on any atom is -0.379 e. The number of likely N-dealkylation sites (N-methyl/N-ethyl adjacent to an activating group) is 1. The maximum Gasteiger partial charge on any atom is 0.241 e. The summed E-state index contributed by atoms with van der Waals surface area (Å²) >= 11 is 1.43. The van der Waals surface area contributed by atoms with Crippen LogP contribution in [-0.4, -0.2) is 60.8 Å². The molecule has 0 spiro atoms. The van der Waals surface area contributed by atoms with Crippen molar-refractivity contribution in [2.45, 2.75) is 11.4 Å². The lowest BCUT2D eigenvalue weighted by molar-refractivity contribution is 0.122. The summed E-state index contributed by atoms with van der Waals surface area (Å²) in [4.78, 5) is 3.33. The highest BCUT2D eigenvalue weighted by Crippen LogP contribution is 2.18. The molecule has 0 aliphatic rings. The lowest BCUT2D eigenvalue weighted by Gasteiger charge is -2.10. The molecule has 0 aliphatic carbocycles. The van der Waals surface area contributed by atoms with E-state index in [1.54, 1.807) is 11.4 Å². The average molecular weight is 321 g/mol. The molecule has 0 aliphatic heterocycles. The first-order valence-electron chi connectivity index (χ1n) is 6.40. The second-order valence-corrected chi connectivity index (χ2v) is 7.36. The second-order valence-electron chi connectivity index (χ2n) is 4.59. The van der Waals surface area contributed by atoms with Gasteiger partial charge in [-0.05, 0) is 27.2 Å². The number of sulfonamides is 1. The van der Waals surface area contributed by atoms with Crippen molar-refractivity contribution in [3.05, 3.63) is 16.3 Å². The number of nitrogens with zero attached hydrogens (tertiary/aromatic N) is 1. The lowest BCUT2D eigenvalue weighted by Crippen LogP contribution is -2.28. The molecule has 116 valence electrons. The molecule has 8 heteroatoms. The Bertz CT molecular complexity index is 486. The molecule has 0 saturated heterocycles. The molecule has 0 atom stereocenters. The van der Waals surface area contributed by atoms with Crippen molar-refractivity contribution in [1.29, 1.82) is 0 Å². The molecule has 0 unspecified atom stereocenters. The van der Waals surface area contributed by atoms with Crippen LogP contribution >= 0.6 is 11.3 Å². The SMILES string of the molecule is CNCc1cc(S(=O)(=O)NCCOCCN(C)C)cs1. The number of ether oxygens (including phenoxy) is 1. The number of nitrogens with one attached hydrogen (secondary N) is 2. The lowest BCUT2D eigenvalue weighted by atomic mass is 10.5. The number of rotatable bonds is 10. The van der Waals surface area contributed by atoms with Crippen LogP contribution < -0.4 is 10.0 Å². The van der Waals surface area contributed by atoms with Gasteiger partial charge >= 0.3 is 0 Å². The molecule has 2 N–H and O–H groups in total. The predicted octanol–water partition coefficient (Wildman–Crippen LogP) is 0.324. The van der Waals surface area contributed by atoms with E-state index in [9.17, 15) is 8.42 Å². The summed E-state index contributed by atoms with van der Waals surface area (Å²) in [6.45, 7) is 2.76. The van der Waals surface area contributed by atoms with E-state index in [0.717, 1.165) is 11.4 Å². The maximum absolute atomic E-state index is 12.0. The minimum absolute atomic E-state index is 0.285. The Morgan fingerprint density at radius 3 is 2.75 bits per heavy atom. The van der Waals surface area contributed by atoms with Crippen molar-refractivity contribution in [1.82, 2.24) is 14.9 Å². The van der Waals surface area contributed by atoms with E-state index in [0.29, 0.717) is 24.7 Å². The van der Waals surface area contributed by atoms with Gasteiger partial charge in [0.15, 0.2) is 0 Å². The van der Waals surface area contributed by atoms with E-state index in [1.165, 1.54) is 11.3 Å². The van der Waals surface area contributed by atoms with Crippen molar-refractivity contribution in [3.63, 3.8) is 0 Å². The van der Waals surface area contributed by atoms with Gasteiger partial charge in [-0.1, -0.05) is 0 Å². The first-order valence-corrected chi connectivity index (χ1v) is 8.76. The topological polar surface area (TPSA) is 70.7 Å². The Kier molecular flexibility index (Phi) is 7.63. The molecule has 20 heavy (non-hydrogen) atoms. The normalized spacial score (nSPS) is 12.2. The van der Waals surface area contributed by atoms with E-state index in [-0.39, 0.29) is 6.54 Å². The zero-order chi connectivity index (χ0) is 15.0. The summed E-state index contributed by atoms with van der Waals surface area (Å²) in [7, 11) is 2.34. The Hall–Kier alpha value is -0.510. The molecule has 0 saturated carbocycles. The summed E-state index contributed by atoms with van der Waals surface area (Å²) in [6.07, 6.45) is 0. The zero-order valence-corrected chi connectivity index (χ0v) is 13.8. The van der Waals surface area contributed by atoms with E-state index >= 15 is 0 Å². The van der Waals surface area contributed by atoms with Gasteiger partial charge in [-0.2, -0.15) is 0 Å². The van der Waals surface area contributed by atoms with Gasteiger partial charge < -0.3 is 15.0 Å². The number of hydrogen-bond donors (Lipinski definition) is 2. The van der Waals surface area contributed by atoms with Gasteiger partial charge in [-0.15, -0.1) is 11.3 Å². The molecule has 0 aromatic carbocycles. The number of hydrogen-bond acceptors (Lipinski definition) is 6. The quantitative estimate of drug-likeness (QED) is 0.608. The predicted molar refractivity (Wildman–Crippen MR) is 81.6 cm³/mol. The third-order valence-electron chi connectivity index (χ3n) is 2.51. The molecule has 0 bridgehead atoms. The van der Waals surface area contributed by atoms with Crippen molar-refractivity contribution in [2.75, 3.05) is 47.4 Å². The molecular weight excluding hydrogens is 298 g/mol. The van der Waals surface area contributed by atoms with Crippen LogP contribution in [0.2, 0.25) is 0 Å². The van der Waals surface area contributed by atoms with Crippen molar-refractivity contribution >= 4 is 21.4 Å². The average Bonchev–Trinajstić information content (AvgIpc) is 2.83. The van der Waals surface area contributed by atoms with Crippen LogP contribution in [0.5, 0.6) is 0 Å². The fourth-order valence-corrected chi connectivity index (χ4v) is 3.75. The molecule has 6 nitrogen and oxygen atoms in total. The van der Waals surface area contributed by atoms with Crippen molar-refractivity contribution < 1.29 is 13.2 Å². The Morgan fingerprint density at radius 1 is 1.35 bits per heavy atom. The van der Waals surface area contributed by atoms with E-state index in [4.69, 9.17) is 4.74 Å². The Labute approximate surface area is 125 Å². The summed E-state index contributed by atoms with van der Waals surface area (Å²) in [6, 6.07) is 1.69. The van der Waals surface area contributed by atoms with Gasteiger partial charge in [-0.3, -0.25) is 0 Å². The highest BCUT2D eigenvalue weighted by Gasteiger charge is 2.15. The van der Waals surface area contributed by atoms with Crippen LogP contribution in [0.1, 0.15) is 4.88 Å². The maximum atomic E-state index is 12.0. The second kappa shape index (κ2) is 8.71. The Morgan fingerprint density at radius 2 is 2.10 bits per heavy atom. The molecule has 1 aromatic rings. The van der Waals surface area contributed by atoms with E-state index in [2.05, 4.69) is 10.0 Å². The van der Waals surface area contributed by atoms with Crippen LogP contribution in [0.4, 0.5) is 0 Å². The smallest absolute Gasteiger partial charge is 0.241 e. The van der Waals surface area contributed by atoms with Gasteiger partial charge in [0.25, 0.3) is 0 Å². The molecule has 1 aromatic heterocycles. The highest BCUT2D eigenvalue weighted by atomic mass is 32.2. The van der Waals surface area contributed by atoms with Gasteiger partial charge in [-0.25, -0.2) is 13.1 Å². The zero-order valence-electron chi connectivity index (χ0n) is 12.2. The molecule has 0 radical (unpaired) electrons. The van der Waals surface area contributed by atoms with Gasteiger partial charge in [0.05, 0.1) is 18.1 Å². The van der Waals surface area contributed by atoms with Gasteiger partial charge in [0, 0.05) is 29.9 Å². The fourth-order valence-electron chi connectivity index (χ4n) is 1.45. The molecule has 1 rings (SSSR count).